The molecule has 0 amide bonds. The third-order valence-corrected chi connectivity index (χ3v) is 3.40. The molecule has 1 nitrogen and oxygen atoms in total. The van der Waals surface area contributed by atoms with E-state index in [1.54, 1.807) is 0 Å². The minimum Gasteiger partial charge on any atom is -0.317 e. The van der Waals surface area contributed by atoms with Gasteiger partial charge in [0.25, 0.3) is 0 Å². The van der Waals surface area contributed by atoms with Crippen LogP contribution in [0.15, 0.2) is 0 Å². The third-order valence-electron chi connectivity index (χ3n) is 3.40. The highest BCUT2D eigenvalue weighted by Gasteiger charge is 2.41. The van der Waals surface area contributed by atoms with Crippen LogP contribution in [0.1, 0.15) is 32.6 Å². The summed E-state index contributed by atoms with van der Waals surface area (Å²) in [6.45, 7) is 2.04. The molecule has 0 aromatic rings. The van der Waals surface area contributed by atoms with Gasteiger partial charge in [-0.1, -0.05) is 0 Å². The van der Waals surface area contributed by atoms with Crippen LogP contribution >= 0.6 is 0 Å². The molecule has 4 heteroatoms. The predicted molar refractivity (Wildman–Crippen MR) is 50.0 cm³/mol. The largest absolute Gasteiger partial charge is 0.391 e. The zero-order chi connectivity index (χ0) is 10.8. The van der Waals surface area contributed by atoms with E-state index in [0.29, 0.717) is 37.6 Å². The van der Waals surface area contributed by atoms with Crippen LogP contribution in [0.3, 0.4) is 0 Å². The molecule has 1 atom stereocenters. The molecule has 1 N–H and O–H groups in total. The van der Waals surface area contributed by atoms with E-state index in [-0.39, 0.29) is 0 Å². The molecule has 1 unspecified atom stereocenters. The van der Waals surface area contributed by atoms with Crippen LogP contribution in [0.4, 0.5) is 13.2 Å². The molecular weight excluding hydrogens is 191 g/mol. The predicted octanol–water partition coefficient (Wildman–Crippen LogP) is 2.96. The van der Waals surface area contributed by atoms with Crippen molar-refractivity contribution >= 4 is 0 Å². The van der Waals surface area contributed by atoms with Crippen LogP contribution in [0.2, 0.25) is 0 Å². The number of nitrogens with one attached hydrogen (secondary N) is 1. The number of hydrogen-bond donors (Lipinski definition) is 1. The summed E-state index contributed by atoms with van der Waals surface area (Å²) < 4.78 is 37.0. The average Bonchev–Trinajstić information content (AvgIpc) is 2.15. The zero-order valence-corrected chi connectivity index (χ0v) is 8.69. The van der Waals surface area contributed by atoms with E-state index in [1.807, 2.05) is 14.0 Å². The Kier molecular flexibility index (Phi) is 3.81. The first-order chi connectivity index (χ1) is 6.45. The van der Waals surface area contributed by atoms with E-state index >= 15 is 0 Å². The monoisotopic (exact) mass is 209 g/mol. The molecule has 0 aliphatic heterocycles. The van der Waals surface area contributed by atoms with Gasteiger partial charge in [0.1, 0.15) is 0 Å². The fourth-order valence-corrected chi connectivity index (χ4v) is 2.18. The minimum absolute atomic E-state index is 0.306. The molecule has 14 heavy (non-hydrogen) atoms. The van der Waals surface area contributed by atoms with Gasteiger partial charge in [-0.05, 0) is 45.6 Å². The third kappa shape index (κ3) is 2.87. The summed E-state index contributed by atoms with van der Waals surface area (Å²) in [5, 5.41) is 3.11. The topological polar surface area (TPSA) is 12.0 Å². The quantitative estimate of drug-likeness (QED) is 0.737. The van der Waals surface area contributed by atoms with Crippen LogP contribution in [-0.2, 0) is 0 Å². The molecule has 1 saturated carbocycles. The number of alkyl halides is 3. The Morgan fingerprint density at radius 1 is 1.14 bits per heavy atom. The van der Waals surface area contributed by atoms with Crippen molar-refractivity contribution in [2.45, 2.75) is 44.8 Å². The highest BCUT2D eigenvalue weighted by molar-refractivity contribution is 4.81. The van der Waals surface area contributed by atoms with E-state index in [1.165, 1.54) is 0 Å². The van der Waals surface area contributed by atoms with Crippen LogP contribution in [0, 0.1) is 11.8 Å². The molecule has 0 radical (unpaired) electrons. The molecule has 0 heterocycles. The standard InChI is InChI=1S/C10H18F3N/c1-7(14-2)8-3-5-9(6-4-8)10(11,12)13/h7-9,14H,3-6H2,1-2H3. The number of hydrogen-bond acceptors (Lipinski definition) is 1. The van der Waals surface area contributed by atoms with Gasteiger partial charge in [-0.25, -0.2) is 0 Å². The second-order valence-electron chi connectivity index (χ2n) is 4.23. The molecule has 1 aliphatic carbocycles. The Morgan fingerprint density at radius 2 is 1.64 bits per heavy atom. The van der Waals surface area contributed by atoms with Gasteiger partial charge >= 0.3 is 6.18 Å². The summed E-state index contributed by atoms with van der Waals surface area (Å²) in [7, 11) is 1.86. The SMILES string of the molecule is CNC(C)C1CCC(C(F)(F)F)CC1. The normalized spacial score (nSPS) is 31.5. The maximum atomic E-state index is 12.3. The molecule has 0 aromatic heterocycles. The van der Waals surface area contributed by atoms with E-state index in [0.717, 1.165) is 0 Å². The van der Waals surface area contributed by atoms with Crippen molar-refractivity contribution in [1.82, 2.24) is 5.32 Å². The van der Waals surface area contributed by atoms with Gasteiger partial charge in [0.2, 0.25) is 0 Å². The lowest BCUT2D eigenvalue weighted by atomic mass is 9.78. The van der Waals surface area contributed by atoms with E-state index < -0.39 is 12.1 Å². The highest BCUT2D eigenvalue weighted by Crippen LogP contribution is 2.40. The van der Waals surface area contributed by atoms with Crippen molar-refractivity contribution in [2.75, 3.05) is 7.05 Å². The van der Waals surface area contributed by atoms with Crippen LogP contribution < -0.4 is 5.32 Å². The van der Waals surface area contributed by atoms with Crippen molar-refractivity contribution in [1.29, 1.82) is 0 Å². The number of rotatable bonds is 2. The molecule has 1 fully saturated rings. The molecule has 0 bridgehead atoms. The Morgan fingerprint density at radius 3 is 2.00 bits per heavy atom. The van der Waals surface area contributed by atoms with Crippen LogP contribution in [-0.4, -0.2) is 19.3 Å². The Balaban J connectivity index is 2.39. The fraction of sp³-hybridized carbons (Fsp3) is 1.00. The van der Waals surface area contributed by atoms with E-state index in [2.05, 4.69) is 5.32 Å². The van der Waals surface area contributed by atoms with Crippen molar-refractivity contribution in [3.8, 4) is 0 Å². The first-order valence-corrected chi connectivity index (χ1v) is 5.19. The summed E-state index contributed by atoms with van der Waals surface area (Å²) in [6, 6.07) is 0.337. The lowest BCUT2D eigenvalue weighted by molar-refractivity contribution is -0.184. The summed E-state index contributed by atoms with van der Waals surface area (Å²) in [4.78, 5) is 0. The Hall–Kier alpha value is -0.250. The van der Waals surface area contributed by atoms with Gasteiger partial charge < -0.3 is 5.32 Å². The van der Waals surface area contributed by atoms with Crippen LogP contribution in [0.25, 0.3) is 0 Å². The molecular formula is C10H18F3N. The van der Waals surface area contributed by atoms with Gasteiger partial charge in [-0.2, -0.15) is 13.2 Å². The lowest BCUT2D eigenvalue weighted by Crippen LogP contribution is -2.36. The zero-order valence-electron chi connectivity index (χ0n) is 8.69. The van der Waals surface area contributed by atoms with Crippen LogP contribution in [0.5, 0.6) is 0 Å². The fourth-order valence-electron chi connectivity index (χ4n) is 2.18. The summed E-state index contributed by atoms with van der Waals surface area (Å²) in [5.74, 6) is -0.638. The Labute approximate surface area is 83.1 Å². The lowest BCUT2D eigenvalue weighted by Gasteiger charge is -2.32. The maximum Gasteiger partial charge on any atom is 0.391 e. The first-order valence-electron chi connectivity index (χ1n) is 5.19. The summed E-state index contributed by atoms with van der Waals surface area (Å²) in [6.07, 6.45) is -1.97. The van der Waals surface area contributed by atoms with Gasteiger partial charge in [0.15, 0.2) is 0 Å². The first kappa shape index (κ1) is 11.8. The van der Waals surface area contributed by atoms with Gasteiger partial charge in [0, 0.05) is 6.04 Å². The highest BCUT2D eigenvalue weighted by atomic mass is 19.4. The van der Waals surface area contributed by atoms with E-state index in [9.17, 15) is 13.2 Å². The molecule has 0 saturated heterocycles. The summed E-state index contributed by atoms with van der Waals surface area (Å²) >= 11 is 0. The second-order valence-corrected chi connectivity index (χ2v) is 4.23. The molecule has 0 spiro atoms. The van der Waals surface area contributed by atoms with Gasteiger partial charge in [-0.15, -0.1) is 0 Å². The molecule has 0 aromatic carbocycles. The minimum atomic E-state index is -3.98. The Bertz CT molecular complexity index is 171. The number of halogens is 3. The van der Waals surface area contributed by atoms with Crippen molar-refractivity contribution in [3.63, 3.8) is 0 Å². The maximum absolute atomic E-state index is 12.3. The average molecular weight is 209 g/mol. The van der Waals surface area contributed by atoms with E-state index in [4.69, 9.17) is 0 Å². The van der Waals surface area contributed by atoms with Crippen molar-refractivity contribution in [3.05, 3.63) is 0 Å². The second kappa shape index (κ2) is 4.51. The summed E-state index contributed by atoms with van der Waals surface area (Å²) in [5.41, 5.74) is 0. The smallest absolute Gasteiger partial charge is 0.317 e. The van der Waals surface area contributed by atoms with Gasteiger partial charge in [0.05, 0.1) is 5.92 Å². The molecule has 1 aliphatic rings. The molecule has 1 rings (SSSR count). The molecule has 84 valence electrons. The van der Waals surface area contributed by atoms with Gasteiger partial charge in [-0.3, -0.25) is 0 Å². The van der Waals surface area contributed by atoms with Crippen molar-refractivity contribution < 1.29 is 13.2 Å². The van der Waals surface area contributed by atoms with Crippen molar-refractivity contribution in [2.24, 2.45) is 11.8 Å².